The molecule has 1 N–H and O–H groups in total. The van der Waals surface area contributed by atoms with Crippen LogP contribution in [-0.2, 0) is 11.2 Å². The minimum atomic E-state index is 0.224. The van der Waals surface area contributed by atoms with E-state index in [0.717, 1.165) is 6.42 Å². The molecule has 0 aliphatic heterocycles. The summed E-state index contributed by atoms with van der Waals surface area (Å²) < 4.78 is 0. The van der Waals surface area contributed by atoms with Gasteiger partial charge < -0.3 is 5.32 Å². The molecule has 3 unspecified atom stereocenters. The third kappa shape index (κ3) is 1.21. The Morgan fingerprint density at radius 2 is 2.20 bits per heavy atom. The van der Waals surface area contributed by atoms with E-state index in [-0.39, 0.29) is 11.8 Å². The molecule has 1 aromatic rings. The third-order valence-electron chi connectivity index (χ3n) is 3.88. The summed E-state index contributed by atoms with van der Waals surface area (Å²) in [6.07, 6.45) is 2.32. The van der Waals surface area contributed by atoms with Crippen molar-refractivity contribution in [2.24, 2.45) is 11.8 Å². The van der Waals surface area contributed by atoms with Gasteiger partial charge in [-0.3, -0.25) is 4.79 Å². The largest absolute Gasteiger partial charge is 0.359 e. The minimum Gasteiger partial charge on any atom is -0.359 e. The number of rotatable bonds is 1. The summed E-state index contributed by atoms with van der Waals surface area (Å²) in [5, 5.41) is 2.78. The van der Waals surface area contributed by atoms with Gasteiger partial charge in [0.1, 0.15) is 0 Å². The first-order valence-corrected chi connectivity index (χ1v) is 5.62. The quantitative estimate of drug-likeness (QED) is 0.736. The van der Waals surface area contributed by atoms with Gasteiger partial charge in [0.15, 0.2) is 0 Å². The van der Waals surface area contributed by atoms with Crippen LogP contribution in [0.3, 0.4) is 0 Å². The van der Waals surface area contributed by atoms with E-state index >= 15 is 0 Å². The fourth-order valence-corrected chi connectivity index (χ4v) is 3.09. The number of carbonyl (C=O) groups is 1. The maximum atomic E-state index is 11.6. The summed E-state index contributed by atoms with van der Waals surface area (Å²) in [7, 11) is 1.73. The summed E-state index contributed by atoms with van der Waals surface area (Å²) in [5.41, 5.74) is 2.87. The van der Waals surface area contributed by atoms with Crippen molar-refractivity contribution in [2.45, 2.75) is 18.8 Å². The van der Waals surface area contributed by atoms with Gasteiger partial charge in [-0.05, 0) is 35.8 Å². The van der Waals surface area contributed by atoms with Gasteiger partial charge in [-0.25, -0.2) is 0 Å². The molecule has 3 atom stereocenters. The first-order valence-electron chi connectivity index (χ1n) is 5.62. The van der Waals surface area contributed by atoms with Crippen LogP contribution >= 0.6 is 0 Å². The molecule has 1 amide bonds. The Hall–Kier alpha value is -1.31. The fourth-order valence-electron chi connectivity index (χ4n) is 3.09. The molecular formula is C13H15NO. The third-order valence-corrected chi connectivity index (χ3v) is 3.88. The molecule has 2 nitrogen and oxygen atoms in total. The summed E-state index contributed by atoms with van der Waals surface area (Å²) >= 11 is 0. The average Bonchev–Trinajstić information content (AvgIpc) is 3.02. The Labute approximate surface area is 89.7 Å². The van der Waals surface area contributed by atoms with Crippen molar-refractivity contribution in [1.82, 2.24) is 5.32 Å². The Morgan fingerprint density at radius 1 is 1.40 bits per heavy atom. The van der Waals surface area contributed by atoms with Gasteiger partial charge in [0.2, 0.25) is 5.91 Å². The molecule has 1 fully saturated rings. The predicted octanol–water partition coefficient (Wildman–Crippen LogP) is 1.71. The highest BCUT2D eigenvalue weighted by molar-refractivity contribution is 5.83. The monoisotopic (exact) mass is 201 g/mol. The van der Waals surface area contributed by atoms with E-state index in [1.807, 2.05) is 0 Å². The SMILES string of the molecule is CNC(=O)C1C2CCc3ccccc3C21. The maximum Gasteiger partial charge on any atom is 0.223 e. The smallest absolute Gasteiger partial charge is 0.223 e. The second-order valence-electron chi connectivity index (χ2n) is 4.57. The molecule has 2 heteroatoms. The van der Waals surface area contributed by atoms with Crippen LogP contribution < -0.4 is 5.32 Å². The lowest BCUT2D eigenvalue weighted by atomic mass is 9.92. The molecule has 1 aromatic carbocycles. The number of amides is 1. The van der Waals surface area contributed by atoms with E-state index in [0.29, 0.717) is 11.8 Å². The standard InChI is InChI=1S/C13H15NO/c1-14-13(15)12-10-7-6-8-4-2-3-5-9(8)11(10)12/h2-5,10-12H,6-7H2,1H3,(H,14,15). The zero-order chi connectivity index (χ0) is 10.4. The molecule has 15 heavy (non-hydrogen) atoms. The van der Waals surface area contributed by atoms with Crippen molar-refractivity contribution in [1.29, 1.82) is 0 Å². The lowest BCUT2D eigenvalue weighted by molar-refractivity contribution is -0.122. The lowest BCUT2D eigenvalue weighted by Gasteiger charge is -2.13. The average molecular weight is 201 g/mol. The molecule has 2 aliphatic rings. The molecule has 78 valence electrons. The second-order valence-corrected chi connectivity index (χ2v) is 4.57. The number of hydrogen-bond donors (Lipinski definition) is 1. The van der Waals surface area contributed by atoms with Crippen LogP contribution in [0.25, 0.3) is 0 Å². The van der Waals surface area contributed by atoms with Gasteiger partial charge >= 0.3 is 0 Å². The highest BCUT2D eigenvalue weighted by Gasteiger charge is 2.56. The number of nitrogens with one attached hydrogen (secondary N) is 1. The predicted molar refractivity (Wildman–Crippen MR) is 58.6 cm³/mol. The van der Waals surface area contributed by atoms with Crippen LogP contribution in [0.2, 0.25) is 0 Å². The van der Waals surface area contributed by atoms with E-state index in [9.17, 15) is 4.79 Å². The first kappa shape index (κ1) is 8.96. The Kier molecular flexibility index (Phi) is 1.84. The van der Waals surface area contributed by atoms with E-state index in [1.165, 1.54) is 17.5 Å². The molecule has 0 spiro atoms. The molecule has 3 rings (SSSR count). The Morgan fingerprint density at radius 3 is 3.00 bits per heavy atom. The first-order chi connectivity index (χ1) is 7.33. The maximum absolute atomic E-state index is 11.6. The van der Waals surface area contributed by atoms with Crippen LogP contribution in [-0.4, -0.2) is 13.0 Å². The van der Waals surface area contributed by atoms with Crippen molar-refractivity contribution in [3.8, 4) is 0 Å². The van der Waals surface area contributed by atoms with Gasteiger partial charge in [-0.1, -0.05) is 24.3 Å². The molecular weight excluding hydrogens is 186 g/mol. The second kappa shape index (κ2) is 3.09. The molecule has 0 heterocycles. The van der Waals surface area contributed by atoms with Gasteiger partial charge in [0, 0.05) is 13.0 Å². The molecule has 2 aliphatic carbocycles. The Balaban J connectivity index is 1.93. The minimum absolute atomic E-state index is 0.224. The van der Waals surface area contributed by atoms with Gasteiger partial charge in [0.05, 0.1) is 0 Å². The molecule has 0 saturated heterocycles. The normalized spacial score (nSPS) is 31.4. The topological polar surface area (TPSA) is 29.1 Å². The summed E-state index contributed by atoms with van der Waals surface area (Å²) in [6, 6.07) is 8.57. The number of hydrogen-bond acceptors (Lipinski definition) is 1. The van der Waals surface area contributed by atoms with E-state index in [2.05, 4.69) is 29.6 Å². The highest BCUT2D eigenvalue weighted by atomic mass is 16.2. The van der Waals surface area contributed by atoms with Crippen molar-refractivity contribution in [2.75, 3.05) is 7.05 Å². The summed E-state index contributed by atoms with van der Waals surface area (Å²) in [6.45, 7) is 0. The molecule has 0 radical (unpaired) electrons. The zero-order valence-electron chi connectivity index (χ0n) is 8.86. The summed E-state index contributed by atoms with van der Waals surface area (Å²) in [5.74, 6) is 1.59. The van der Waals surface area contributed by atoms with Gasteiger partial charge in [-0.15, -0.1) is 0 Å². The number of carbonyl (C=O) groups excluding carboxylic acids is 1. The lowest BCUT2D eigenvalue weighted by Crippen LogP contribution is -2.20. The van der Waals surface area contributed by atoms with E-state index in [4.69, 9.17) is 0 Å². The number of fused-ring (bicyclic) bond motifs is 3. The van der Waals surface area contributed by atoms with Gasteiger partial charge in [-0.2, -0.15) is 0 Å². The van der Waals surface area contributed by atoms with E-state index < -0.39 is 0 Å². The number of aryl methyl sites for hydroxylation is 1. The van der Waals surface area contributed by atoms with Gasteiger partial charge in [0.25, 0.3) is 0 Å². The van der Waals surface area contributed by atoms with Crippen LogP contribution in [0.5, 0.6) is 0 Å². The van der Waals surface area contributed by atoms with Crippen molar-refractivity contribution in [3.63, 3.8) is 0 Å². The molecule has 0 bridgehead atoms. The Bertz CT molecular complexity index is 413. The van der Waals surface area contributed by atoms with Crippen LogP contribution in [0.1, 0.15) is 23.5 Å². The number of benzene rings is 1. The summed E-state index contributed by atoms with van der Waals surface area (Å²) in [4.78, 5) is 11.6. The highest BCUT2D eigenvalue weighted by Crippen LogP contribution is 2.59. The van der Waals surface area contributed by atoms with Crippen LogP contribution in [0.15, 0.2) is 24.3 Å². The van der Waals surface area contributed by atoms with Crippen molar-refractivity contribution in [3.05, 3.63) is 35.4 Å². The molecule has 1 saturated carbocycles. The fraction of sp³-hybridized carbons (Fsp3) is 0.462. The van der Waals surface area contributed by atoms with Crippen molar-refractivity contribution >= 4 is 5.91 Å². The zero-order valence-corrected chi connectivity index (χ0v) is 8.86. The molecule has 0 aromatic heterocycles. The van der Waals surface area contributed by atoms with Crippen LogP contribution in [0, 0.1) is 11.8 Å². The van der Waals surface area contributed by atoms with Crippen LogP contribution in [0.4, 0.5) is 0 Å². The van der Waals surface area contributed by atoms with Crippen molar-refractivity contribution < 1.29 is 4.79 Å². The van der Waals surface area contributed by atoms with E-state index in [1.54, 1.807) is 7.05 Å².